The molecular formula is C20H25N3O4. The van der Waals surface area contributed by atoms with Crippen LogP contribution in [0.25, 0.3) is 0 Å². The van der Waals surface area contributed by atoms with Crippen molar-refractivity contribution >= 4 is 6.09 Å². The topological polar surface area (TPSA) is 86.0 Å². The third-order valence-corrected chi connectivity index (χ3v) is 4.89. The van der Waals surface area contributed by atoms with Crippen LogP contribution in [0.4, 0.5) is 4.79 Å². The number of benzene rings is 1. The molecule has 27 heavy (non-hydrogen) atoms. The van der Waals surface area contributed by atoms with Crippen LogP contribution >= 0.6 is 0 Å². The second-order valence-corrected chi connectivity index (χ2v) is 7.16. The van der Waals surface area contributed by atoms with Gasteiger partial charge in [0.1, 0.15) is 0 Å². The minimum atomic E-state index is -0.911. The van der Waals surface area contributed by atoms with Gasteiger partial charge in [0.15, 0.2) is 5.75 Å². The van der Waals surface area contributed by atoms with Gasteiger partial charge in [-0.1, -0.05) is 29.3 Å². The van der Waals surface area contributed by atoms with Crippen LogP contribution in [0.5, 0.6) is 5.75 Å². The van der Waals surface area contributed by atoms with Crippen LogP contribution in [0.3, 0.4) is 0 Å². The molecule has 1 aromatic carbocycles. The maximum Gasteiger partial charge on any atom is 0.407 e. The lowest BCUT2D eigenvalue weighted by Crippen LogP contribution is -2.47. The van der Waals surface area contributed by atoms with E-state index in [1.54, 1.807) is 12.3 Å². The minimum absolute atomic E-state index is 0.234. The molecular weight excluding hydrogens is 346 g/mol. The van der Waals surface area contributed by atoms with Gasteiger partial charge in [0.25, 0.3) is 5.56 Å². The van der Waals surface area contributed by atoms with Gasteiger partial charge in [0, 0.05) is 44.5 Å². The van der Waals surface area contributed by atoms with Crippen LogP contribution in [0.15, 0.2) is 35.3 Å². The summed E-state index contributed by atoms with van der Waals surface area (Å²) in [4.78, 5) is 26.9. The van der Waals surface area contributed by atoms with E-state index in [4.69, 9.17) is 5.11 Å². The lowest BCUT2D eigenvalue weighted by atomic mass is 10.1. The number of aromatic nitrogens is 1. The van der Waals surface area contributed by atoms with Crippen LogP contribution in [0.1, 0.15) is 22.3 Å². The van der Waals surface area contributed by atoms with Gasteiger partial charge in [-0.2, -0.15) is 0 Å². The van der Waals surface area contributed by atoms with Crippen LogP contribution in [-0.2, 0) is 13.1 Å². The molecule has 7 nitrogen and oxygen atoms in total. The van der Waals surface area contributed by atoms with E-state index in [-0.39, 0.29) is 5.75 Å². The van der Waals surface area contributed by atoms with Gasteiger partial charge in [0.05, 0.1) is 6.54 Å². The molecule has 1 aliphatic rings. The Morgan fingerprint density at radius 2 is 1.67 bits per heavy atom. The number of hydrogen-bond acceptors (Lipinski definition) is 4. The Morgan fingerprint density at radius 3 is 2.26 bits per heavy atom. The predicted octanol–water partition coefficient (Wildman–Crippen LogP) is 2.01. The van der Waals surface area contributed by atoms with E-state index >= 15 is 0 Å². The number of aromatic hydroxyl groups is 1. The van der Waals surface area contributed by atoms with E-state index in [1.807, 2.05) is 30.9 Å². The van der Waals surface area contributed by atoms with Crippen molar-refractivity contribution < 1.29 is 15.0 Å². The molecule has 0 unspecified atom stereocenters. The fourth-order valence-corrected chi connectivity index (χ4v) is 3.55. The maximum absolute atomic E-state index is 12.6. The Labute approximate surface area is 158 Å². The molecule has 0 radical (unpaired) electrons. The molecule has 1 aliphatic heterocycles. The summed E-state index contributed by atoms with van der Waals surface area (Å²) in [5.74, 6) is -0.234. The molecule has 144 valence electrons. The Kier molecular flexibility index (Phi) is 5.51. The van der Waals surface area contributed by atoms with Crippen molar-refractivity contribution in [1.82, 2.24) is 14.4 Å². The smallest absolute Gasteiger partial charge is 0.407 e. The quantitative estimate of drug-likeness (QED) is 0.859. The number of aryl methyl sites for hydroxylation is 2. The fraction of sp³-hybridized carbons (Fsp3) is 0.400. The van der Waals surface area contributed by atoms with Crippen LogP contribution in [-0.4, -0.2) is 56.9 Å². The van der Waals surface area contributed by atoms with Crippen molar-refractivity contribution in [1.29, 1.82) is 0 Å². The van der Waals surface area contributed by atoms with Crippen molar-refractivity contribution in [3.8, 4) is 5.75 Å². The molecule has 3 rings (SSSR count). The second kappa shape index (κ2) is 7.84. The molecule has 0 bridgehead atoms. The van der Waals surface area contributed by atoms with E-state index in [0.717, 1.165) is 16.7 Å². The largest absolute Gasteiger partial charge is 0.503 e. The number of nitrogens with zero attached hydrogens (tertiary/aromatic N) is 3. The molecule has 2 aromatic rings. The average molecular weight is 371 g/mol. The lowest BCUT2D eigenvalue weighted by molar-refractivity contribution is 0.102. The highest BCUT2D eigenvalue weighted by Crippen LogP contribution is 2.16. The number of carboxylic acid groups (broad SMARTS) is 1. The van der Waals surface area contributed by atoms with Gasteiger partial charge in [0.2, 0.25) is 0 Å². The molecule has 1 fully saturated rings. The van der Waals surface area contributed by atoms with Crippen LogP contribution in [0, 0.1) is 13.8 Å². The molecule has 1 amide bonds. The van der Waals surface area contributed by atoms with Gasteiger partial charge in [-0.05, 0) is 25.5 Å². The molecule has 2 N–H and O–H groups in total. The fourth-order valence-electron chi connectivity index (χ4n) is 3.55. The Balaban J connectivity index is 1.72. The van der Waals surface area contributed by atoms with Gasteiger partial charge in [-0.25, -0.2) is 4.79 Å². The van der Waals surface area contributed by atoms with Gasteiger partial charge in [-0.15, -0.1) is 0 Å². The summed E-state index contributed by atoms with van der Waals surface area (Å²) in [7, 11) is 0. The first kappa shape index (κ1) is 19.0. The molecule has 1 aromatic heterocycles. The monoisotopic (exact) mass is 371 g/mol. The molecule has 0 saturated carbocycles. The number of amides is 1. The number of piperazine rings is 1. The number of hydrogen-bond donors (Lipinski definition) is 2. The first-order valence-electron chi connectivity index (χ1n) is 9.02. The molecule has 1 saturated heterocycles. The summed E-state index contributed by atoms with van der Waals surface area (Å²) < 4.78 is 1.51. The zero-order valence-electron chi connectivity index (χ0n) is 15.7. The number of rotatable bonds is 4. The van der Waals surface area contributed by atoms with E-state index in [1.165, 1.54) is 9.47 Å². The molecule has 0 atom stereocenters. The molecule has 7 heteroatoms. The highest BCUT2D eigenvalue weighted by atomic mass is 16.4. The summed E-state index contributed by atoms with van der Waals surface area (Å²) in [6.45, 7) is 6.90. The van der Waals surface area contributed by atoms with Crippen LogP contribution in [0.2, 0.25) is 0 Å². The Morgan fingerprint density at radius 1 is 1.04 bits per heavy atom. The van der Waals surface area contributed by atoms with Crippen molar-refractivity contribution in [2.75, 3.05) is 26.2 Å². The first-order valence-corrected chi connectivity index (χ1v) is 9.02. The lowest BCUT2D eigenvalue weighted by Gasteiger charge is -2.33. The zero-order valence-corrected chi connectivity index (χ0v) is 15.7. The van der Waals surface area contributed by atoms with Gasteiger partial charge in [-0.3, -0.25) is 9.69 Å². The number of pyridine rings is 1. The van der Waals surface area contributed by atoms with E-state index in [9.17, 15) is 14.7 Å². The summed E-state index contributed by atoms with van der Waals surface area (Å²) in [6.07, 6.45) is 0.800. The Bertz CT molecular complexity index is 878. The summed E-state index contributed by atoms with van der Waals surface area (Å²) in [6, 6.07) is 7.92. The van der Waals surface area contributed by atoms with Crippen molar-refractivity contribution in [3.05, 3.63) is 63.1 Å². The van der Waals surface area contributed by atoms with Crippen molar-refractivity contribution in [3.63, 3.8) is 0 Å². The summed E-state index contributed by atoms with van der Waals surface area (Å²) in [5, 5.41) is 19.4. The SMILES string of the molecule is Cc1cc(C)cc(Cn2ccc(CN3CCN(C(=O)O)CC3)c(O)c2=O)c1. The summed E-state index contributed by atoms with van der Waals surface area (Å²) in [5.41, 5.74) is 3.46. The zero-order chi connectivity index (χ0) is 19.6. The van der Waals surface area contributed by atoms with E-state index in [2.05, 4.69) is 6.07 Å². The molecule has 0 aliphatic carbocycles. The van der Waals surface area contributed by atoms with Gasteiger partial charge < -0.3 is 19.7 Å². The first-order chi connectivity index (χ1) is 12.8. The average Bonchev–Trinajstić information content (AvgIpc) is 2.61. The standard InChI is InChI=1S/C20H25N3O4/c1-14-9-15(2)11-16(10-14)12-23-4-3-17(18(24)19(23)25)13-21-5-7-22(8-6-21)20(26)27/h3-4,9-11,24H,5-8,12-13H2,1-2H3,(H,26,27). The highest BCUT2D eigenvalue weighted by molar-refractivity contribution is 5.65. The Hall–Kier alpha value is -2.80. The second-order valence-electron chi connectivity index (χ2n) is 7.16. The van der Waals surface area contributed by atoms with Gasteiger partial charge >= 0.3 is 6.09 Å². The van der Waals surface area contributed by atoms with E-state index in [0.29, 0.717) is 44.8 Å². The van der Waals surface area contributed by atoms with Crippen molar-refractivity contribution in [2.45, 2.75) is 26.9 Å². The highest BCUT2D eigenvalue weighted by Gasteiger charge is 2.21. The normalized spacial score (nSPS) is 15.1. The van der Waals surface area contributed by atoms with E-state index < -0.39 is 11.7 Å². The van der Waals surface area contributed by atoms with Crippen molar-refractivity contribution in [2.24, 2.45) is 0 Å². The van der Waals surface area contributed by atoms with Crippen LogP contribution < -0.4 is 5.56 Å². The minimum Gasteiger partial charge on any atom is -0.503 e. The molecule has 0 spiro atoms. The third-order valence-electron chi connectivity index (χ3n) is 4.89. The third kappa shape index (κ3) is 4.49. The maximum atomic E-state index is 12.6. The predicted molar refractivity (Wildman–Crippen MR) is 102 cm³/mol. The number of carbonyl (C=O) groups is 1. The summed E-state index contributed by atoms with van der Waals surface area (Å²) >= 11 is 0. The molecule has 2 heterocycles.